The van der Waals surface area contributed by atoms with E-state index in [9.17, 15) is 4.79 Å². The van der Waals surface area contributed by atoms with Crippen molar-refractivity contribution in [2.24, 2.45) is 0 Å². The van der Waals surface area contributed by atoms with Crippen molar-refractivity contribution in [3.8, 4) is 0 Å². The Kier molecular flexibility index (Phi) is 4.29. The lowest BCUT2D eigenvalue weighted by atomic mass is 10.1. The molecule has 0 spiro atoms. The molecule has 7 heteroatoms. The van der Waals surface area contributed by atoms with Crippen molar-refractivity contribution in [1.82, 2.24) is 10.1 Å². The van der Waals surface area contributed by atoms with E-state index in [1.165, 1.54) is 11.3 Å². The average Bonchev–Trinajstić information content (AvgIpc) is 3.08. The van der Waals surface area contributed by atoms with Crippen LogP contribution in [0.2, 0.25) is 0 Å². The fourth-order valence-electron chi connectivity index (χ4n) is 2.30. The number of pyridine rings is 1. The van der Waals surface area contributed by atoms with Gasteiger partial charge in [-0.1, -0.05) is 18.5 Å². The largest absolute Gasteiger partial charge is 0.397 e. The van der Waals surface area contributed by atoms with Gasteiger partial charge in [0.25, 0.3) is 5.91 Å². The van der Waals surface area contributed by atoms with Crippen molar-refractivity contribution in [3.05, 3.63) is 34.5 Å². The van der Waals surface area contributed by atoms with Crippen LogP contribution in [0.15, 0.2) is 22.7 Å². The summed E-state index contributed by atoms with van der Waals surface area (Å²) in [6.45, 7) is 3.91. The minimum Gasteiger partial charge on any atom is -0.397 e. The molecule has 3 rings (SSSR count). The second kappa shape index (κ2) is 6.37. The van der Waals surface area contributed by atoms with Crippen molar-refractivity contribution < 1.29 is 9.32 Å². The first kappa shape index (κ1) is 15.5. The Morgan fingerprint density at radius 1 is 1.43 bits per heavy atom. The average molecular weight is 330 g/mol. The molecule has 3 N–H and O–H groups in total. The minimum atomic E-state index is -0.297. The van der Waals surface area contributed by atoms with E-state index in [1.807, 2.05) is 12.1 Å². The molecule has 0 fully saturated rings. The van der Waals surface area contributed by atoms with Gasteiger partial charge in [-0.05, 0) is 31.9 Å². The van der Waals surface area contributed by atoms with E-state index in [0.29, 0.717) is 22.1 Å². The van der Waals surface area contributed by atoms with Gasteiger partial charge in [0.15, 0.2) is 5.82 Å². The molecule has 0 saturated carbocycles. The normalized spacial score (nSPS) is 11.0. The number of nitrogens with zero attached hydrogens (tertiary/aromatic N) is 2. The molecule has 0 atom stereocenters. The van der Waals surface area contributed by atoms with E-state index in [4.69, 9.17) is 10.3 Å². The summed E-state index contributed by atoms with van der Waals surface area (Å²) in [7, 11) is 0. The highest BCUT2D eigenvalue weighted by atomic mass is 32.1. The van der Waals surface area contributed by atoms with Crippen LogP contribution in [-0.4, -0.2) is 16.0 Å². The number of aromatic nitrogens is 2. The summed E-state index contributed by atoms with van der Waals surface area (Å²) in [6, 6.07) is 5.57. The van der Waals surface area contributed by atoms with Crippen LogP contribution in [0.3, 0.4) is 0 Å². The number of aryl methyl sites for hydroxylation is 2. The minimum absolute atomic E-state index is 0.297. The molecule has 3 aromatic rings. The molecule has 3 aromatic heterocycles. The number of nitrogens with two attached hydrogens (primary N) is 1. The molecule has 120 valence electrons. The van der Waals surface area contributed by atoms with Gasteiger partial charge in [-0.2, -0.15) is 0 Å². The van der Waals surface area contributed by atoms with Crippen LogP contribution >= 0.6 is 11.3 Å². The number of carbonyl (C=O) groups excluding carboxylic acids is 1. The highest BCUT2D eigenvalue weighted by Crippen LogP contribution is 2.33. The van der Waals surface area contributed by atoms with Gasteiger partial charge in [0.05, 0.1) is 5.69 Å². The van der Waals surface area contributed by atoms with Crippen LogP contribution in [0.1, 0.15) is 40.9 Å². The zero-order valence-electron chi connectivity index (χ0n) is 13.0. The van der Waals surface area contributed by atoms with Gasteiger partial charge < -0.3 is 15.6 Å². The van der Waals surface area contributed by atoms with Crippen LogP contribution in [0.4, 0.5) is 11.5 Å². The summed E-state index contributed by atoms with van der Waals surface area (Å²) in [5, 5.41) is 7.26. The van der Waals surface area contributed by atoms with Gasteiger partial charge >= 0.3 is 0 Å². The quantitative estimate of drug-likeness (QED) is 0.742. The molecule has 0 saturated heterocycles. The first-order chi connectivity index (χ1) is 11.1. The molecule has 3 heterocycles. The first-order valence-corrected chi connectivity index (χ1v) is 8.32. The number of fused-ring (bicyclic) bond motifs is 1. The zero-order chi connectivity index (χ0) is 16.4. The highest BCUT2D eigenvalue weighted by molar-refractivity contribution is 7.21. The second-order valence-electron chi connectivity index (χ2n) is 5.38. The summed E-state index contributed by atoms with van der Waals surface area (Å²) < 4.78 is 4.94. The molecular formula is C16H18N4O2S. The molecule has 0 aromatic carbocycles. The Balaban J connectivity index is 1.88. The maximum atomic E-state index is 12.4. The van der Waals surface area contributed by atoms with Gasteiger partial charge in [-0.25, -0.2) is 4.98 Å². The lowest BCUT2D eigenvalue weighted by Crippen LogP contribution is -2.12. The SMILES string of the molecule is CCCCc1ccc2c(N)c(C(=O)Nc3cc(C)on3)sc2n1. The smallest absolute Gasteiger partial charge is 0.269 e. The van der Waals surface area contributed by atoms with E-state index in [2.05, 4.69) is 22.4 Å². The molecule has 0 aliphatic rings. The van der Waals surface area contributed by atoms with Crippen LogP contribution in [0.5, 0.6) is 0 Å². The molecule has 1 amide bonds. The summed E-state index contributed by atoms with van der Waals surface area (Å²) in [5.41, 5.74) is 7.60. The summed E-state index contributed by atoms with van der Waals surface area (Å²) in [5.74, 6) is 0.710. The predicted octanol–water partition coefficient (Wildman–Crippen LogP) is 3.77. The number of thiophene rings is 1. The number of nitrogen functional groups attached to an aromatic ring is 1. The van der Waals surface area contributed by atoms with Crippen LogP contribution in [0.25, 0.3) is 10.2 Å². The van der Waals surface area contributed by atoms with E-state index >= 15 is 0 Å². The fraction of sp³-hybridized carbons (Fsp3) is 0.312. The summed E-state index contributed by atoms with van der Waals surface area (Å²) in [4.78, 5) is 18.2. The number of anilines is 2. The predicted molar refractivity (Wildman–Crippen MR) is 91.8 cm³/mol. The van der Waals surface area contributed by atoms with Crippen LogP contribution in [0, 0.1) is 6.92 Å². The van der Waals surface area contributed by atoms with E-state index in [1.54, 1.807) is 13.0 Å². The monoisotopic (exact) mass is 330 g/mol. The van der Waals surface area contributed by atoms with E-state index in [0.717, 1.165) is 35.2 Å². The van der Waals surface area contributed by atoms with E-state index in [-0.39, 0.29) is 5.91 Å². The topological polar surface area (TPSA) is 94.0 Å². The Hall–Kier alpha value is -2.41. The summed E-state index contributed by atoms with van der Waals surface area (Å²) >= 11 is 1.30. The van der Waals surface area contributed by atoms with Gasteiger partial charge in [0, 0.05) is 17.1 Å². The number of hydrogen-bond donors (Lipinski definition) is 2. The lowest BCUT2D eigenvalue weighted by Gasteiger charge is -1.99. The second-order valence-corrected chi connectivity index (χ2v) is 6.38. The third-order valence-corrected chi connectivity index (χ3v) is 4.63. The third-order valence-electron chi connectivity index (χ3n) is 3.51. The molecule has 6 nitrogen and oxygen atoms in total. The van der Waals surface area contributed by atoms with Crippen molar-refractivity contribution in [1.29, 1.82) is 0 Å². The first-order valence-electron chi connectivity index (χ1n) is 7.51. The van der Waals surface area contributed by atoms with Crippen LogP contribution in [-0.2, 0) is 6.42 Å². The van der Waals surface area contributed by atoms with Gasteiger partial charge in [0.1, 0.15) is 15.5 Å². The number of nitrogens with one attached hydrogen (secondary N) is 1. The molecule has 0 aliphatic carbocycles. The maximum Gasteiger partial charge on any atom is 0.269 e. The molecule has 23 heavy (non-hydrogen) atoms. The van der Waals surface area contributed by atoms with Gasteiger partial charge in [-0.3, -0.25) is 4.79 Å². The Bertz CT molecular complexity index is 853. The van der Waals surface area contributed by atoms with Gasteiger partial charge in [0.2, 0.25) is 0 Å². The van der Waals surface area contributed by atoms with Crippen molar-refractivity contribution in [3.63, 3.8) is 0 Å². The Morgan fingerprint density at radius 3 is 2.96 bits per heavy atom. The summed E-state index contributed by atoms with van der Waals surface area (Å²) in [6.07, 6.45) is 3.15. The highest BCUT2D eigenvalue weighted by Gasteiger charge is 2.18. The third kappa shape index (κ3) is 3.19. The fourth-order valence-corrected chi connectivity index (χ4v) is 3.31. The number of carbonyl (C=O) groups is 1. The molecule has 0 unspecified atom stereocenters. The van der Waals surface area contributed by atoms with E-state index < -0.39 is 0 Å². The Labute approximate surface area is 137 Å². The zero-order valence-corrected chi connectivity index (χ0v) is 13.9. The maximum absolute atomic E-state index is 12.4. The number of unbranched alkanes of at least 4 members (excludes halogenated alkanes) is 1. The van der Waals surface area contributed by atoms with Gasteiger partial charge in [-0.15, -0.1) is 11.3 Å². The number of amides is 1. The molecular weight excluding hydrogens is 312 g/mol. The molecule has 0 aliphatic heterocycles. The Morgan fingerprint density at radius 2 is 2.26 bits per heavy atom. The standard InChI is InChI=1S/C16H18N4O2S/c1-3-4-5-10-6-7-11-13(17)14(23-16(11)18-10)15(21)19-12-8-9(2)22-20-12/h6-8H,3-5,17H2,1-2H3,(H,19,20,21). The molecule has 0 bridgehead atoms. The van der Waals surface area contributed by atoms with Crippen molar-refractivity contribution >= 4 is 39.0 Å². The van der Waals surface area contributed by atoms with Crippen molar-refractivity contribution in [2.45, 2.75) is 33.1 Å². The number of rotatable bonds is 5. The molecule has 0 radical (unpaired) electrons. The van der Waals surface area contributed by atoms with Crippen LogP contribution < -0.4 is 11.1 Å². The number of hydrogen-bond acceptors (Lipinski definition) is 6. The van der Waals surface area contributed by atoms with Crippen molar-refractivity contribution in [2.75, 3.05) is 11.1 Å². The lowest BCUT2D eigenvalue weighted by molar-refractivity contribution is 0.103.